The van der Waals surface area contributed by atoms with Crippen molar-refractivity contribution in [3.05, 3.63) is 95.6 Å². The molecule has 0 aliphatic rings. The lowest BCUT2D eigenvalue weighted by Crippen LogP contribution is -2.28. The third-order valence-corrected chi connectivity index (χ3v) is 4.48. The fourth-order valence-corrected chi connectivity index (χ4v) is 2.86. The van der Waals surface area contributed by atoms with Gasteiger partial charge in [-0.25, -0.2) is 0 Å². The lowest BCUT2D eigenvalue weighted by Gasteiger charge is -2.16. The predicted octanol–water partition coefficient (Wildman–Crippen LogP) is 4.50. The lowest BCUT2D eigenvalue weighted by molar-refractivity contribution is -0.118. The predicted molar refractivity (Wildman–Crippen MR) is 114 cm³/mol. The average Bonchev–Trinajstić information content (AvgIpc) is 2.74. The molecule has 0 radical (unpaired) electrons. The molecule has 3 rings (SSSR count). The summed E-state index contributed by atoms with van der Waals surface area (Å²) < 4.78 is 5.51. The second-order valence-corrected chi connectivity index (χ2v) is 6.80. The highest BCUT2D eigenvalue weighted by Crippen LogP contribution is 2.18. The summed E-state index contributed by atoms with van der Waals surface area (Å²) in [6, 6.07) is 23.9. The molecule has 29 heavy (non-hydrogen) atoms. The molecule has 0 aromatic heterocycles. The monoisotopic (exact) mass is 388 g/mol. The van der Waals surface area contributed by atoms with Crippen LogP contribution in [0.15, 0.2) is 78.9 Å². The van der Waals surface area contributed by atoms with Gasteiger partial charge in [0.1, 0.15) is 5.75 Å². The molecular formula is C24H24N2O3. The zero-order valence-electron chi connectivity index (χ0n) is 16.5. The summed E-state index contributed by atoms with van der Waals surface area (Å²) >= 11 is 0. The van der Waals surface area contributed by atoms with Gasteiger partial charge in [0.05, 0.1) is 17.3 Å². The van der Waals surface area contributed by atoms with Crippen LogP contribution in [0.25, 0.3) is 0 Å². The highest BCUT2D eigenvalue weighted by molar-refractivity contribution is 6.04. The first-order valence-corrected chi connectivity index (χ1v) is 9.47. The minimum absolute atomic E-state index is 0.139. The van der Waals surface area contributed by atoms with Crippen LogP contribution in [0.5, 0.6) is 5.75 Å². The van der Waals surface area contributed by atoms with Crippen molar-refractivity contribution >= 4 is 17.5 Å². The normalized spacial score (nSPS) is 11.4. The molecule has 1 atom stereocenters. The van der Waals surface area contributed by atoms with Crippen molar-refractivity contribution in [2.24, 2.45) is 0 Å². The van der Waals surface area contributed by atoms with Gasteiger partial charge in [-0.3, -0.25) is 9.59 Å². The van der Waals surface area contributed by atoms with Gasteiger partial charge in [0.15, 0.2) is 6.61 Å². The molecule has 0 heterocycles. The first-order chi connectivity index (χ1) is 14.0. The quantitative estimate of drug-likeness (QED) is 0.626. The van der Waals surface area contributed by atoms with Crippen LogP contribution in [0.4, 0.5) is 5.69 Å². The maximum atomic E-state index is 12.7. The Hall–Kier alpha value is -3.60. The molecular weight excluding hydrogens is 364 g/mol. The first kappa shape index (κ1) is 20.1. The van der Waals surface area contributed by atoms with Crippen LogP contribution in [-0.2, 0) is 4.79 Å². The third-order valence-electron chi connectivity index (χ3n) is 4.48. The first-order valence-electron chi connectivity index (χ1n) is 9.47. The van der Waals surface area contributed by atoms with E-state index in [0.29, 0.717) is 17.0 Å². The summed E-state index contributed by atoms with van der Waals surface area (Å²) in [5.74, 6) is 0.0344. The van der Waals surface area contributed by atoms with Crippen molar-refractivity contribution in [3.63, 3.8) is 0 Å². The zero-order chi connectivity index (χ0) is 20.6. The molecule has 0 aliphatic carbocycles. The number of hydrogen-bond donors (Lipinski definition) is 2. The Balaban J connectivity index is 1.62. The minimum Gasteiger partial charge on any atom is -0.484 e. The Kier molecular flexibility index (Phi) is 6.63. The molecule has 0 aliphatic heterocycles. The lowest BCUT2D eigenvalue weighted by atomic mass is 10.1. The largest absolute Gasteiger partial charge is 0.484 e. The van der Waals surface area contributed by atoms with Crippen LogP contribution in [0.2, 0.25) is 0 Å². The van der Waals surface area contributed by atoms with E-state index in [1.54, 1.807) is 24.3 Å². The van der Waals surface area contributed by atoms with Crippen LogP contribution in [0.1, 0.15) is 34.5 Å². The van der Waals surface area contributed by atoms with Gasteiger partial charge in [0.25, 0.3) is 11.8 Å². The number of carbonyl (C=O) groups excluding carboxylic acids is 2. The number of benzene rings is 3. The minimum atomic E-state index is -0.332. The summed E-state index contributed by atoms with van der Waals surface area (Å²) in [5, 5.41) is 5.73. The molecule has 3 aromatic rings. The Morgan fingerprint density at radius 3 is 2.28 bits per heavy atom. The van der Waals surface area contributed by atoms with Gasteiger partial charge in [0, 0.05) is 0 Å². The van der Waals surface area contributed by atoms with Gasteiger partial charge in [-0.15, -0.1) is 0 Å². The fraction of sp³-hybridized carbons (Fsp3) is 0.167. The van der Waals surface area contributed by atoms with Gasteiger partial charge in [0.2, 0.25) is 0 Å². The zero-order valence-corrected chi connectivity index (χ0v) is 16.5. The number of nitrogens with one attached hydrogen (secondary N) is 2. The summed E-state index contributed by atoms with van der Waals surface area (Å²) in [4.78, 5) is 25.1. The van der Waals surface area contributed by atoms with Crippen molar-refractivity contribution in [1.29, 1.82) is 0 Å². The van der Waals surface area contributed by atoms with E-state index >= 15 is 0 Å². The number of aryl methyl sites for hydroxylation is 1. The van der Waals surface area contributed by atoms with Crippen molar-refractivity contribution in [2.45, 2.75) is 19.9 Å². The Morgan fingerprint density at radius 1 is 0.897 bits per heavy atom. The smallest absolute Gasteiger partial charge is 0.262 e. The Morgan fingerprint density at radius 2 is 1.55 bits per heavy atom. The molecule has 2 amide bonds. The molecule has 3 aromatic carbocycles. The number of amides is 2. The second kappa shape index (κ2) is 9.55. The maximum absolute atomic E-state index is 12.7. The number of anilines is 1. The van der Waals surface area contributed by atoms with Crippen LogP contribution < -0.4 is 15.4 Å². The van der Waals surface area contributed by atoms with Crippen molar-refractivity contribution < 1.29 is 14.3 Å². The van der Waals surface area contributed by atoms with Crippen LogP contribution in [0.3, 0.4) is 0 Å². The second-order valence-electron chi connectivity index (χ2n) is 6.80. The maximum Gasteiger partial charge on any atom is 0.262 e. The van der Waals surface area contributed by atoms with Crippen LogP contribution in [0, 0.1) is 6.92 Å². The standard InChI is InChI=1S/C24H24N2O3/c1-17-12-14-20(15-13-17)29-16-23(27)26-22-11-7-6-10-21(22)24(28)25-18(2)19-8-4-3-5-9-19/h3-15,18H,16H2,1-2H3,(H,25,28)(H,26,27). The van der Waals surface area contributed by atoms with Gasteiger partial charge in [-0.05, 0) is 43.7 Å². The third kappa shape index (κ3) is 5.69. The van der Waals surface area contributed by atoms with E-state index in [4.69, 9.17) is 4.74 Å². The van der Waals surface area contributed by atoms with E-state index < -0.39 is 0 Å². The molecule has 2 N–H and O–H groups in total. The van der Waals surface area contributed by atoms with E-state index in [-0.39, 0.29) is 24.5 Å². The molecule has 148 valence electrons. The van der Waals surface area contributed by atoms with E-state index in [0.717, 1.165) is 11.1 Å². The summed E-state index contributed by atoms with van der Waals surface area (Å²) in [7, 11) is 0. The van der Waals surface area contributed by atoms with Crippen molar-refractivity contribution in [3.8, 4) is 5.75 Å². The average molecular weight is 388 g/mol. The summed E-state index contributed by atoms with van der Waals surface area (Å²) in [6.45, 7) is 3.76. The van der Waals surface area contributed by atoms with E-state index in [2.05, 4.69) is 10.6 Å². The van der Waals surface area contributed by atoms with Gasteiger partial charge < -0.3 is 15.4 Å². The van der Waals surface area contributed by atoms with E-state index in [9.17, 15) is 9.59 Å². The molecule has 1 unspecified atom stereocenters. The number of rotatable bonds is 7. The Labute approximate surface area is 170 Å². The fourth-order valence-electron chi connectivity index (χ4n) is 2.86. The number of carbonyl (C=O) groups is 2. The van der Waals surface area contributed by atoms with Crippen LogP contribution in [-0.4, -0.2) is 18.4 Å². The number of ether oxygens (including phenoxy) is 1. The van der Waals surface area contributed by atoms with Gasteiger partial charge >= 0.3 is 0 Å². The molecule has 0 spiro atoms. The van der Waals surface area contributed by atoms with E-state index in [1.165, 1.54) is 0 Å². The van der Waals surface area contributed by atoms with E-state index in [1.807, 2.05) is 68.4 Å². The molecule has 0 fully saturated rings. The number of hydrogen-bond acceptors (Lipinski definition) is 3. The van der Waals surface area contributed by atoms with Crippen LogP contribution >= 0.6 is 0 Å². The molecule has 0 saturated heterocycles. The summed E-state index contributed by atoms with van der Waals surface area (Å²) in [6.07, 6.45) is 0. The molecule has 5 nitrogen and oxygen atoms in total. The summed E-state index contributed by atoms with van der Waals surface area (Å²) in [5.41, 5.74) is 2.97. The van der Waals surface area contributed by atoms with Gasteiger partial charge in [-0.1, -0.05) is 60.2 Å². The Bertz CT molecular complexity index is 969. The van der Waals surface area contributed by atoms with Gasteiger partial charge in [-0.2, -0.15) is 0 Å². The van der Waals surface area contributed by atoms with Crippen molar-refractivity contribution in [1.82, 2.24) is 5.32 Å². The molecule has 0 bridgehead atoms. The van der Waals surface area contributed by atoms with Crippen molar-refractivity contribution in [2.75, 3.05) is 11.9 Å². The number of para-hydroxylation sites is 1. The highest BCUT2D eigenvalue weighted by atomic mass is 16.5. The molecule has 5 heteroatoms. The topological polar surface area (TPSA) is 67.4 Å². The SMILES string of the molecule is Cc1ccc(OCC(=O)Nc2ccccc2C(=O)NC(C)c2ccccc2)cc1. The highest BCUT2D eigenvalue weighted by Gasteiger charge is 2.16. The molecule has 0 saturated carbocycles.